The molecule has 0 bridgehead atoms. The van der Waals surface area contributed by atoms with E-state index in [1.165, 1.54) is 0 Å². The van der Waals surface area contributed by atoms with Gasteiger partial charge in [0.2, 0.25) is 5.91 Å². The molecule has 0 spiro atoms. The van der Waals surface area contributed by atoms with E-state index in [0.717, 1.165) is 5.69 Å². The SMILES string of the molecule is CC(C)C(=O)NCC(N)c1cnc[nH]1. The monoisotopic (exact) mass is 196 g/mol. The number of aromatic amines is 1. The van der Waals surface area contributed by atoms with E-state index in [-0.39, 0.29) is 17.9 Å². The molecule has 1 unspecified atom stereocenters. The van der Waals surface area contributed by atoms with Crippen LogP contribution in [0.1, 0.15) is 25.6 Å². The Kier molecular flexibility index (Phi) is 3.64. The molecule has 0 aromatic carbocycles. The van der Waals surface area contributed by atoms with E-state index in [9.17, 15) is 4.79 Å². The number of imidazole rings is 1. The van der Waals surface area contributed by atoms with Crippen molar-refractivity contribution in [2.45, 2.75) is 19.9 Å². The van der Waals surface area contributed by atoms with Crippen molar-refractivity contribution in [3.63, 3.8) is 0 Å². The van der Waals surface area contributed by atoms with Gasteiger partial charge >= 0.3 is 0 Å². The summed E-state index contributed by atoms with van der Waals surface area (Å²) >= 11 is 0. The van der Waals surface area contributed by atoms with Crippen LogP contribution in [0.4, 0.5) is 0 Å². The third-order valence-electron chi connectivity index (χ3n) is 1.94. The molecular formula is C9H16N4O. The van der Waals surface area contributed by atoms with Crippen molar-refractivity contribution in [3.05, 3.63) is 18.2 Å². The van der Waals surface area contributed by atoms with Crippen LogP contribution in [0.25, 0.3) is 0 Å². The molecule has 0 saturated heterocycles. The Morgan fingerprint density at radius 2 is 2.43 bits per heavy atom. The fourth-order valence-electron chi connectivity index (χ4n) is 0.994. The van der Waals surface area contributed by atoms with E-state index in [0.29, 0.717) is 6.54 Å². The molecular weight excluding hydrogens is 180 g/mol. The quantitative estimate of drug-likeness (QED) is 0.642. The van der Waals surface area contributed by atoms with Crippen molar-refractivity contribution < 1.29 is 4.79 Å². The lowest BCUT2D eigenvalue weighted by Gasteiger charge is -2.12. The molecule has 5 nitrogen and oxygen atoms in total. The van der Waals surface area contributed by atoms with Crippen LogP contribution in [0.5, 0.6) is 0 Å². The highest BCUT2D eigenvalue weighted by atomic mass is 16.1. The van der Waals surface area contributed by atoms with Crippen molar-refractivity contribution in [1.29, 1.82) is 0 Å². The zero-order valence-corrected chi connectivity index (χ0v) is 8.45. The van der Waals surface area contributed by atoms with Crippen LogP contribution in [0, 0.1) is 5.92 Å². The van der Waals surface area contributed by atoms with Gasteiger partial charge in [-0.05, 0) is 0 Å². The number of carbonyl (C=O) groups is 1. The van der Waals surface area contributed by atoms with Gasteiger partial charge in [-0.15, -0.1) is 0 Å². The molecule has 1 rings (SSSR count). The standard InChI is InChI=1S/C9H16N4O/c1-6(2)9(14)12-3-7(10)8-4-11-5-13-8/h4-7H,3,10H2,1-2H3,(H,11,13)(H,12,14). The molecule has 1 aromatic rings. The Hall–Kier alpha value is -1.36. The van der Waals surface area contributed by atoms with Crippen LogP contribution < -0.4 is 11.1 Å². The summed E-state index contributed by atoms with van der Waals surface area (Å²) < 4.78 is 0. The van der Waals surface area contributed by atoms with Crippen molar-refractivity contribution in [1.82, 2.24) is 15.3 Å². The van der Waals surface area contributed by atoms with Crippen LogP contribution in [-0.4, -0.2) is 22.4 Å². The summed E-state index contributed by atoms with van der Waals surface area (Å²) in [4.78, 5) is 18.0. The Balaban J connectivity index is 2.36. The molecule has 4 N–H and O–H groups in total. The van der Waals surface area contributed by atoms with Crippen molar-refractivity contribution in [2.24, 2.45) is 11.7 Å². The molecule has 1 heterocycles. The van der Waals surface area contributed by atoms with E-state index in [1.54, 1.807) is 12.5 Å². The van der Waals surface area contributed by atoms with Gasteiger partial charge in [-0.2, -0.15) is 0 Å². The molecule has 0 aliphatic rings. The van der Waals surface area contributed by atoms with Crippen molar-refractivity contribution >= 4 is 5.91 Å². The number of carbonyl (C=O) groups excluding carboxylic acids is 1. The van der Waals surface area contributed by atoms with E-state index in [4.69, 9.17) is 5.73 Å². The molecule has 1 amide bonds. The summed E-state index contributed by atoms with van der Waals surface area (Å²) in [5.41, 5.74) is 6.63. The fraction of sp³-hybridized carbons (Fsp3) is 0.556. The van der Waals surface area contributed by atoms with E-state index in [1.807, 2.05) is 13.8 Å². The van der Waals surface area contributed by atoms with Gasteiger partial charge in [-0.1, -0.05) is 13.8 Å². The Morgan fingerprint density at radius 1 is 1.71 bits per heavy atom. The molecule has 1 atom stereocenters. The van der Waals surface area contributed by atoms with Crippen LogP contribution in [0.2, 0.25) is 0 Å². The van der Waals surface area contributed by atoms with Gasteiger partial charge < -0.3 is 16.0 Å². The smallest absolute Gasteiger partial charge is 0.222 e. The lowest BCUT2D eigenvalue weighted by molar-refractivity contribution is -0.124. The lowest BCUT2D eigenvalue weighted by atomic mass is 10.2. The number of nitrogens with zero attached hydrogens (tertiary/aromatic N) is 1. The largest absolute Gasteiger partial charge is 0.354 e. The number of H-pyrrole nitrogens is 1. The Bertz CT molecular complexity index is 281. The second-order valence-corrected chi connectivity index (χ2v) is 3.51. The summed E-state index contributed by atoms with van der Waals surface area (Å²) in [7, 11) is 0. The molecule has 14 heavy (non-hydrogen) atoms. The minimum atomic E-state index is -0.222. The van der Waals surface area contributed by atoms with E-state index >= 15 is 0 Å². The number of nitrogens with one attached hydrogen (secondary N) is 2. The third-order valence-corrected chi connectivity index (χ3v) is 1.94. The highest BCUT2D eigenvalue weighted by molar-refractivity contribution is 5.77. The first-order valence-electron chi connectivity index (χ1n) is 4.63. The van der Waals surface area contributed by atoms with Crippen LogP contribution in [0.3, 0.4) is 0 Å². The number of hydrogen-bond donors (Lipinski definition) is 3. The van der Waals surface area contributed by atoms with Crippen molar-refractivity contribution in [2.75, 3.05) is 6.54 Å². The minimum Gasteiger partial charge on any atom is -0.354 e. The average molecular weight is 196 g/mol. The topological polar surface area (TPSA) is 83.8 Å². The number of amides is 1. The van der Waals surface area contributed by atoms with Gasteiger partial charge in [0, 0.05) is 18.7 Å². The number of rotatable bonds is 4. The second-order valence-electron chi connectivity index (χ2n) is 3.51. The highest BCUT2D eigenvalue weighted by Gasteiger charge is 2.10. The first-order chi connectivity index (χ1) is 6.61. The summed E-state index contributed by atoms with van der Waals surface area (Å²) in [6, 6.07) is -0.222. The second kappa shape index (κ2) is 4.76. The third kappa shape index (κ3) is 2.85. The molecule has 78 valence electrons. The number of hydrogen-bond acceptors (Lipinski definition) is 3. The summed E-state index contributed by atoms with van der Waals surface area (Å²) in [5.74, 6) is 0.00364. The lowest BCUT2D eigenvalue weighted by Crippen LogP contribution is -2.34. The Labute approximate surface area is 83.1 Å². The van der Waals surface area contributed by atoms with Crippen molar-refractivity contribution in [3.8, 4) is 0 Å². The van der Waals surface area contributed by atoms with E-state index in [2.05, 4.69) is 15.3 Å². The maximum absolute atomic E-state index is 11.2. The zero-order chi connectivity index (χ0) is 10.6. The number of aromatic nitrogens is 2. The number of nitrogens with two attached hydrogens (primary N) is 1. The average Bonchev–Trinajstić information content (AvgIpc) is 2.66. The molecule has 0 radical (unpaired) electrons. The first kappa shape index (κ1) is 10.7. The van der Waals surface area contributed by atoms with Gasteiger partial charge in [0.1, 0.15) is 0 Å². The first-order valence-corrected chi connectivity index (χ1v) is 4.63. The van der Waals surface area contributed by atoms with Gasteiger partial charge in [0.05, 0.1) is 18.1 Å². The van der Waals surface area contributed by atoms with E-state index < -0.39 is 0 Å². The molecule has 0 fully saturated rings. The molecule has 1 aromatic heterocycles. The maximum atomic E-state index is 11.2. The highest BCUT2D eigenvalue weighted by Crippen LogP contribution is 2.03. The fourth-order valence-corrected chi connectivity index (χ4v) is 0.994. The van der Waals surface area contributed by atoms with Gasteiger partial charge in [0.15, 0.2) is 0 Å². The van der Waals surface area contributed by atoms with Crippen LogP contribution in [-0.2, 0) is 4.79 Å². The summed E-state index contributed by atoms with van der Waals surface area (Å²) in [5, 5.41) is 2.76. The van der Waals surface area contributed by atoms with Crippen LogP contribution >= 0.6 is 0 Å². The Morgan fingerprint density at radius 3 is 2.93 bits per heavy atom. The van der Waals surface area contributed by atoms with Gasteiger partial charge in [0.25, 0.3) is 0 Å². The normalized spacial score (nSPS) is 12.9. The molecule has 0 aliphatic heterocycles. The van der Waals surface area contributed by atoms with Crippen LogP contribution in [0.15, 0.2) is 12.5 Å². The maximum Gasteiger partial charge on any atom is 0.222 e. The molecule has 0 aliphatic carbocycles. The molecule has 5 heteroatoms. The minimum absolute atomic E-state index is 0.0102. The predicted molar refractivity (Wildman–Crippen MR) is 53.4 cm³/mol. The summed E-state index contributed by atoms with van der Waals surface area (Å²) in [6.45, 7) is 4.12. The predicted octanol–water partition coefficient (Wildman–Crippen LogP) is 0.182. The summed E-state index contributed by atoms with van der Waals surface area (Å²) in [6.07, 6.45) is 3.23. The van der Waals surface area contributed by atoms with Gasteiger partial charge in [-0.3, -0.25) is 4.79 Å². The molecule has 0 saturated carbocycles. The van der Waals surface area contributed by atoms with Gasteiger partial charge in [-0.25, -0.2) is 4.98 Å². The zero-order valence-electron chi connectivity index (χ0n) is 8.45.